The number of benzene rings is 1. The Morgan fingerprint density at radius 3 is 2.67 bits per heavy atom. The van der Waals surface area contributed by atoms with Gasteiger partial charge in [0.25, 0.3) is 5.91 Å². The molecule has 2 aromatic rings. The fraction of sp³-hybridized carbons (Fsp3) is 0.231. The zero-order valence-electron chi connectivity index (χ0n) is 11.2. The summed E-state index contributed by atoms with van der Waals surface area (Å²) in [5.74, 6) is -0.578. The highest BCUT2D eigenvalue weighted by Gasteiger charge is 2.20. The molecule has 0 saturated carbocycles. The summed E-state index contributed by atoms with van der Waals surface area (Å²) in [6, 6.07) is 5.98. The van der Waals surface area contributed by atoms with Gasteiger partial charge in [-0.2, -0.15) is 13.9 Å². The number of aromatic nitrogens is 2. The van der Waals surface area contributed by atoms with Crippen LogP contribution in [0.15, 0.2) is 28.7 Å². The second kappa shape index (κ2) is 6.21. The normalized spacial score (nSPS) is 10.8. The van der Waals surface area contributed by atoms with Crippen LogP contribution in [0.3, 0.4) is 0 Å². The van der Waals surface area contributed by atoms with Crippen molar-refractivity contribution in [3.63, 3.8) is 0 Å². The molecule has 1 N–H and O–H groups in total. The SMILES string of the molecule is Cc1nn(C)c(C(=O)Nc2ccccc2OC(F)F)c1Br. The number of hydrogen-bond donors (Lipinski definition) is 1. The zero-order valence-corrected chi connectivity index (χ0v) is 12.8. The van der Waals surface area contributed by atoms with Crippen molar-refractivity contribution in [3.8, 4) is 5.75 Å². The van der Waals surface area contributed by atoms with Crippen molar-refractivity contribution in [2.75, 3.05) is 5.32 Å². The number of anilines is 1. The molecule has 2 rings (SSSR count). The van der Waals surface area contributed by atoms with Crippen LogP contribution in [0.25, 0.3) is 0 Å². The molecule has 0 aliphatic rings. The van der Waals surface area contributed by atoms with Crippen LogP contribution in [-0.2, 0) is 7.05 Å². The molecular formula is C13H12BrF2N3O2. The smallest absolute Gasteiger partial charge is 0.387 e. The highest BCUT2D eigenvalue weighted by Crippen LogP contribution is 2.27. The van der Waals surface area contributed by atoms with Crippen LogP contribution < -0.4 is 10.1 Å². The van der Waals surface area contributed by atoms with Gasteiger partial charge in [0, 0.05) is 7.05 Å². The van der Waals surface area contributed by atoms with Crippen LogP contribution in [0, 0.1) is 6.92 Å². The first-order chi connectivity index (χ1) is 9.90. The predicted molar refractivity (Wildman–Crippen MR) is 76.7 cm³/mol. The Hall–Kier alpha value is -1.96. The maximum absolute atomic E-state index is 12.3. The van der Waals surface area contributed by atoms with Gasteiger partial charge in [-0.15, -0.1) is 0 Å². The van der Waals surface area contributed by atoms with Crippen LogP contribution in [0.1, 0.15) is 16.2 Å². The van der Waals surface area contributed by atoms with E-state index in [-0.39, 0.29) is 11.4 Å². The second-order valence-corrected chi connectivity index (χ2v) is 4.99. The van der Waals surface area contributed by atoms with Gasteiger partial charge in [0.05, 0.1) is 15.9 Å². The number of nitrogens with one attached hydrogen (secondary N) is 1. The maximum Gasteiger partial charge on any atom is 0.387 e. The molecule has 0 atom stereocenters. The Balaban J connectivity index is 2.28. The lowest BCUT2D eigenvalue weighted by Crippen LogP contribution is -2.17. The lowest BCUT2D eigenvalue weighted by Gasteiger charge is -2.11. The van der Waals surface area contributed by atoms with Crippen molar-refractivity contribution in [2.24, 2.45) is 7.05 Å². The van der Waals surface area contributed by atoms with Gasteiger partial charge in [-0.05, 0) is 35.0 Å². The summed E-state index contributed by atoms with van der Waals surface area (Å²) in [5.41, 5.74) is 1.10. The van der Waals surface area contributed by atoms with E-state index in [0.717, 1.165) is 0 Å². The molecule has 0 spiro atoms. The van der Waals surface area contributed by atoms with E-state index in [0.29, 0.717) is 15.9 Å². The van der Waals surface area contributed by atoms with Crippen molar-refractivity contribution < 1.29 is 18.3 Å². The van der Waals surface area contributed by atoms with Crippen molar-refractivity contribution in [1.29, 1.82) is 0 Å². The highest BCUT2D eigenvalue weighted by atomic mass is 79.9. The first-order valence-corrected chi connectivity index (χ1v) is 6.73. The van der Waals surface area contributed by atoms with Gasteiger partial charge in [0.2, 0.25) is 0 Å². The third-order valence-corrected chi connectivity index (χ3v) is 3.66. The Morgan fingerprint density at radius 1 is 1.43 bits per heavy atom. The number of amides is 1. The van der Waals surface area contributed by atoms with Crippen LogP contribution >= 0.6 is 15.9 Å². The molecule has 0 saturated heterocycles. The third kappa shape index (κ3) is 3.38. The quantitative estimate of drug-likeness (QED) is 0.910. The minimum Gasteiger partial charge on any atom is -0.433 e. The summed E-state index contributed by atoms with van der Waals surface area (Å²) in [4.78, 5) is 12.3. The molecule has 0 bridgehead atoms. The fourth-order valence-corrected chi connectivity index (χ4v) is 2.35. The van der Waals surface area contributed by atoms with E-state index in [1.54, 1.807) is 20.0 Å². The molecule has 0 fully saturated rings. The van der Waals surface area contributed by atoms with Gasteiger partial charge in [0.15, 0.2) is 0 Å². The number of halogens is 3. The van der Waals surface area contributed by atoms with Gasteiger partial charge in [-0.3, -0.25) is 9.48 Å². The van der Waals surface area contributed by atoms with Crippen molar-refractivity contribution in [3.05, 3.63) is 40.1 Å². The number of aryl methyl sites for hydroxylation is 2. The molecule has 1 amide bonds. The lowest BCUT2D eigenvalue weighted by atomic mass is 10.2. The van der Waals surface area contributed by atoms with Crippen LogP contribution in [0.4, 0.5) is 14.5 Å². The molecule has 8 heteroatoms. The third-order valence-electron chi connectivity index (χ3n) is 2.72. The minimum absolute atomic E-state index is 0.101. The molecule has 0 radical (unpaired) electrons. The number of nitrogens with zero attached hydrogens (tertiary/aromatic N) is 2. The van der Waals surface area contributed by atoms with E-state index in [4.69, 9.17) is 0 Å². The minimum atomic E-state index is -2.96. The molecule has 21 heavy (non-hydrogen) atoms. The molecule has 1 aromatic carbocycles. The molecule has 0 aliphatic heterocycles. The van der Waals surface area contributed by atoms with Gasteiger partial charge in [0.1, 0.15) is 11.4 Å². The molecule has 0 aliphatic carbocycles. The van der Waals surface area contributed by atoms with E-state index in [1.807, 2.05) is 0 Å². The number of carbonyl (C=O) groups excluding carboxylic acids is 1. The topological polar surface area (TPSA) is 56.2 Å². The number of ether oxygens (including phenoxy) is 1. The molecule has 0 unspecified atom stereocenters. The van der Waals surface area contributed by atoms with Crippen molar-refractivity contribution in [1.82, 2.24) is 9.78 Å². The Kier molecular flexibility index (Phi) is 4.56. The molecular weight excluding hydrogens is 348 g/mol. The molecule has 5 nitrogen and oxygen atoms in total. The fourth-order valence-electron chi connectivity index (χ4n) is 1.83. The summed E-state index contributed by atoms with van der Waals surface area (Å²) in [6.07, 6.45) is 0. The largest absolute Gasteiger partial charge is 0.433 e. The molecule has 1 aromatic heterocycles. The molecule has 1 heterocycles. The van der Waals surface area contributed by atoms with Crippen molar-refractivity contribution >= 4 is 27.5 Å². The summed E-state index contributed by atoms with van der Waals surface area (Å²) in [6.45, 7) is -1.22. The predicted octanol–water partition coefficient (Wildman–Crippen LogP) is 3.34. The average molecular weight is 360 g/mol. The Morgan fingerprint density at radius 2 is 2.10 bits per heavy atom. The zero-order chi connectivity index (χ0) is 15.6. The van der Waals surface area contributed by atoms with Gasteiger partial charge in [-0.25, -0.2) is 0 Å². The first kappa shape index (κ1) is 15.4. The first-order valence-electron chi connectivity index (χ1n) is 5.94. The van der Waals surface area contributed by atoms with E-state index >= 15 is 0 Å². The second-order valence-electron chi connectivity index (χ2n) is 4.20. The van der Waals surface area contributed by atoms with Gasteiger partial charge in [-0.1, -0.05) is 12.1 Å². The van der Waals surface area contributed by atoms with E-state index in [2.05, 4.69) is 31.1 Å². The number of hydrogen-bond acceptors (Lipinski definition) is 3. The Bertz CT molecular complexity index is 673. The van der Waals surface area contributed by atoms with Crippen molar-refractivity contribution in [2.45, 2.75) is 13.5 Å². The molecule has 112 valence electrons. The summed E-state index contributed by atoms with van der Waals surface area (Å²) >= 11 is 3.28. The monoisotopic (exact) mass is 359 g/mol. The number of rotatable bonds is 4. The summed E-state index contributed by atoms with van der Waals surface area (Å²) < 4.78 is 31.0. The number of carbonyl (C=O) groups is 1. The standard InChI is InChI=1S/C13H12BrF2N3O2/c1-7-10(14)11(19(2)18-7)12(20)17-8-5-3-4-6-9(8)21-13(15)16/h3-6,13H,1-2H3,(H,17,20). The summed E-state index contributed by atoms with van der Waals surface area (Å²) in [5, 5.41) is 6.64. The van der Waals surface area contributed by atoms with Crippen LogP contribution in [-0.4, -0.2) is 22.3 Å². The van der Waals surface area contributed by atoms with Gasteiger partial charge < -0.3 is 10.1 Å². The maximum atomic E-state index is 12.3. The number of para-hydroxylation sites is 2. The highest BCUT2D eigenvalue weighted by molar-refractivity contribution is 9.10. The van der Waals surface area contributed by atoms with E-state index in [1.165, 1.54) is 22.9 Å². The Labute approximate surface area is 128 Å². The average Bonchev–Trinajstić information content (AvgIpc) is 2.65. The number of alkyl halides is 2. The van der Waals surface area contributed by atoms with E-state index in [9.17, 15) is 13.6 Å². The van der Waals surface area contributed by atoms with Gasteiger partial charge >= 0.3 is 6.61 Å². The van der Waals surface area contributed by atoms with Crippen LogP contribution in [0.5, 0.6) is 5.75 Å². The van der Waals surface area contributed by atoms with Crippen LogP contribution in [0.2, 0.25) is 0 Å². The lowest BCUT2D eigenvalue weighted by molar-refractivity contribution is -0.0493. The summed E-state index contributed by atoms with van der Waals surface area (Å²) in [7, 11) is 1.62. The van der Waals surface area contributed by atoms with E-state index < -0.39 is 12.5 Å².